The second-order valence-corrected chi connectivity index (χ2v) is 5.20. The van der Waals surface area contributed by atoms with Crippen LogP contribution in [0.2, 0.25) is 5.02 Å². The predicted molar refractivity (Wildman–Crippen MR) is 78.6 cm³/mol. The number of benzene rings is 1. The lowest BCUT2D eigenvalue weighted by atomic mass is 10.3. The van der Waals surface area contributed by atoms with Gasteiger partial charge in [0.05, 0.1) is 19.2 Å². The number of piperazine rings is 1. The van der Waals surface area contributed by atoms with Crippen LogP contribution >= 0.6 is 11.6 Å². The smallest absolute Gasteiger partial charge is 0.238 e. The SMILES string of the molecule is N#CCN1CCN(CC(=O)Nc2ccc(Cl)cc2)CC1. The Morgan fingerprint density at radius 3 is 2.40 bits per heavy atom. The first-order valence-electron chi connectivity index (χ1n) is 6.54. The Labute approximate surface area is 123 Å². The molecule has 0 aliphatic carbocycles. The highest BCUT2D eigenvalue weighted by Crippen LogP contribution is 2.13. The zero-order chi connectivity index (χ0) is 14.4. The Hall–Kier alpha value is -1.61. The average molecular weight is 293 g/mol. The van der Waals surface area contributed by atoms with Gasteiger partial charge in [0.25, 0.3) is 0 Å². The first-order chi connectivity index (χ1) is 9.67. The van der Waals surface area contributed by atoms with E-state index in [4.69, 9.17) is 16.9 Å². The first-order valence-corrected chi connectivity index (χ1v) is 6.92. The van der Waals surface area contributed by atoms with Crippen LogP contribution in [0.1, 0.15) is 0 Å². The number of amides is 1. The van der Waals surface area contributed by atoms with Crippen molar-refractivity contribution < 1.29 is 4.79 Å². The van der Waals surface area contributed by atoms with E-state index in [0.717, 1.165) is 31.9 Å². The zero-order valence-electron chi connectivity index (χ0n) is 11.2. The Bertz CT molecular complexity index is 489. The van der Waals surface area contributed by atoms with E-state index in [1.165, 1.54) is 0 Å². The van der Waals surface area contributed by atoms with E-state index in [-0.39, 0.29) is 5.91 Å². The lowest BCUT2D eigenvalue weighted by Gasteiger charge is -2.32. The summed E-state index contributed by atoms with van der Waals surface area (Å²) in [5, 5.41) is 12.1. The fourth-order valence-electron chi connectivity index (χ4n) is 2.14. The van der Waals surface area contributed by atoms with E-state index < -0.39 is 0 Å². The van der Waals surface area contributed by atoms with Crippen LogP contribution in [0, 0.1) is 11.3 Å². The minimum atomic E-state index is -0.0268. The van der Waals surface area contributed by atoms with Crippen molar-refractivity contribution >= 4 is 23.2 Å². The van der Waals surface area contributed by atoms with Crippen LogP contribution in [0.15, 0.2) is 24.3 Å². The van der Waals surface area contributed by atoms with E-state index in [9.17, 15) is 4.79 Å². The molecule has 1 aromatic carbocycles. The highest BCUT2D eigenvalue weighted by atomic mass is 35.5. The molecule has 0 unspecified atom stereocenters. The monoisotopic (exact) mass is 292 g/mol. The lowest BCUT2D eigenvalue weighted by molar-refractivity contribution is -0.117. The van der Waals surface area contributed by atoms with Gasteiger partial charge in [0.1, 0.15) is 0 Å². The third-order valence-corrected chi connectivity index (χ3v) is 3.51. The van der Waals surface area contributed by atoms with Gasteiger partial charge < -0.3 is 5.32 Å². The molecule has 1 N–H and O–H groups in total. The number of nitrogens with one attached hydrogen (secondary N) is 1. The summed E-state index contributed by atoms with van der Waals surface area (Å²) < 4.78 is 0. The van der Waals surface area contributed by atoms with E-state index in [1.54, 1.807) is 24.3 Å². The van der Waals surface area contributed by atoms with Gasteiger partial charge in [0.2, 0.25) is 5.91 Å². The van der Waals surface area contributed by atoms with Crippen molar-refractivity contribution in [2.24, 2.45) is 0 Å². The Morgan fingerprint density at radius 1 is 1.20 bits per heavy atom. The fourth-order valence-corrected chi connectivity index (χ4v) is 2.27. The topological polar surface area (TPSA) is 59.4 Å². The molecule has 1 aliphatic rings. The molecule has 0 spiro atoms. The van der Waals surface area contributed by atoms with Gasteiger partial charge in [0.15, 0.2) is 0 Å². The molecule has 2 rings (SSSR count). The van der Waals surface area contributed by atoms with Crippen LogP contribution in [0.25, 0.3) is 0 Å². The molecule has 1 saturated heterocycles. The van der Waals surface area contributed by atoms with Crippen LogP contribution in [0.3, 0.4) is 0 Å². The van der Waals surface area contributed by atoms with Gasteiger partial charge in [0, 0.05) is 36.9 Å². The summed E-state index contributed by atoms with van der Waals surface area (Å²) in [5.41, 5.74) is 0.752. The maximum atomic E-state index is 11.9. The van der Waals surface area contributed by atoms with Crippen LogP contribution < -0.4 is 5.32 Å². The Balaban J connectivity index is 1.75. The third-order valence-electron chi connectivity index (χ3n) is 3.25. The first kappa shape index (κ1) is 14.8. The molecule has 106 valence electrons. The normalized spacial score (nSPS) is 16.6. The molecule has 5 nitrogen and oxygen atoms in total. The Kier molecular flexibility index (Phi) is 5.36. The molecule has 0 aromatic heterocycles. The van der Waals surface area contributed by atoms with Crippen molar-refractivity contribution in [3.8, 4) is 6.07 Å². The summed E-state index contributed by atoms with van der Waals surface area (Å²) in [6, 6.07) is 9.21. The van der Waals surface area contributed by atoms with Gasteiger partial charge in [-0.1, -0.05) is 11.6 Å². The average Bonchev–Trinajstić information content (AvgIpc) is 2.44. The van der Waals surface area contributed by atoms with Crippen molar-refractivity contribution in [1.82, 2.24) is 9.80 Å². The fraction of sp³-hybridized carbons (Fsp3) is 0.429. The molecular formula is C14H17ClN4O. The second-order valence-electron chi connectivity index (χ2n) is 4.77. The zero-order valence-corrected chi connectivity index (χ0v) is 11.9. The number of anilines is 1. The van der Waals surface area contributed by atoms with Gasteiger partial charge in [-0.05, 0) is 24.3 Å². The number of halogens is 1. The molecule has 0 atom stereocenters. The minimum absolute atomic E-state index is 0.0268. The molecule has 0 bridgehead atoms. The number of nitrogens with zero attached hydrogens (tertiary/aromatic N) is 3. The molecule has 0 radical (unpaired) electrons. The van der Waals surface area contributed by atoms with Crippen LogP contribution in [0.5, 0.6) is 0 Å². The predicted octanol–water partition coefficient (Wildman–Crippen LogP) is 1.42. The maximum absolute atomic E-state index is 11.9. The number of nitriles is 1. The summed E-state index contributed by atoms with van der Waals surface area (Å²) in [5.74, 6) is -0.0268. The van der Waals surface area contributed by atoms with Crippen LogP contribution in [-0.4, -0.2) is 55.0 Å². The minimum Gasteiger partial charge on any atom is -0.325 e. The molecular weight excluding hydrogens is 276 g/mol. The number of carbonyl (C=O) groups is 1. The van der Waals surface area contributed by atoms with Gasteiger partial charge in [-0.2, -0.15) is 5.26 Å². The highest BCUT2D eigenvalue weighted by Gasteiger charge is 2.18. The molecule has 1 fully saturated rings. The number of hydrogen-bond donors (Lipinski definition) is 1. The maximum Gasteiger partial charge on any atom is 0.238 e. The summed E-state index contributed by atoms with van der Waals surface area (Å²) in [7, 11) is 0. The van der Waals surface area contributed by atoms with Gasteiger partial charge in [-0.15, -0.1) is 0 Å². The summed E-state index contributed by atoms with van der Waals surface area (Å²) in [6.07, 6.45) is 0. The molecule has 6 heteroatoms. The van der Waals surface area contributed by atoms with Gasteiger partial charge in [-0.3, -0.25) is 14.6 Å². The molecule has 20 heavy (non-hydrogen) atoms. The van der Waals surface area contributed by atoms with Crippen LogP contribution in [-0.2, 0) is 4.79 Å². The molecule has 0 saturated carbocycles. The molecule has 1 amide bonds. The second kappa shape index (κ2) is 7.25. The van der Waals surface area contributed by atoms with E-state index in [0.29, 0.717) is 18.1 Å². The van der Waals surface area contributed by atoms with Crippen molar-refractivity contribution in [3.63, 3.8) is 0 Å². The van der Waals surface area contributed by atoms with E-state index >= 15 is 0 Å². The van der Waals surface area contributed by atoms with Crippen molar-refractivity contribution in [3.05, 3.63) is 29.3 Å². The van der Waals surface area contributed by atoms with Crippen molar-refractivity contribution in [2.75, 3.05) is 44.6 Å². The molecule has 1 aromatic rings. The van der Waals surface area contributed by atoms with Gasteiger partial charge >= 0.3 is 0 Å². The summed E-state index contributed by atoms with van der Waals surface area (Å²) in [4.78, 5) is 16.1. The number of rotatable bonds is 4. The highest BCUT2D eigenvalue weighted by molar-refractivity contribution is 6.30. The number of carbonyl (C=O) groups excluding carboxylic acids is 1. The summed E-state index contributed by atoms with van der Waals surface area (Å²) >= 11 is 5.79. The third kappa shape index (κ3) is 4.49. The standard InChI is InChI=1S/C14H17ClN4O/c15-12-1-3-13(4-2-12)17-14(20)11-19-9-7-18(6-5-16)8-10-19/h1-4H,6-11H2,(H,17,20). The molecule has 1 aliphatic heterocycles. The summed E-state index contributed by atoms with van der Waals surface area (Å²) in [6.45, 7) is 4.14. The number of hydrogen-bond acceptors (Lipinski definition) is 4. The van der Waals surface area contributed by atoms with Crippen LogP contribution in [0.4, 0.5) is 5.69 Å². The lowest BCUT2D eigenvalue weighted by Crippen LogP contribution is -2.48. The van der Waals surface area contributed by atoms with Crippen molar-refractivity contribution in [1.29, 1.82) is 5.26 Å². The van der Waals surface area contributed by atoms with Gasteiger partial charge in [-0.25, -0.2) is 0 Å². The quantitative estimate of drug-likeness (QED) is 0.853. The largest absolute Gasteiger partial charge is 0.325 e. The van der Waals surface area contributed by atoms with E-state index in [2.05, 4.69) is 21.2 Å². The van der Waals surface area contributed by atoms with Crippen molar-refractivity contribution in [2.45, 2.75) is 0 Å². The Morgan fingerprint density at radius 2 is 1.80 bits per heavy atom. The molecule has 1 heterocycles. The van der Waals surface area contributed by atoms with E-state index in [1.807, 2.05) is 0 Å².